The van der Waals surface area contributed by atoms with Crippen molar-refractivity contribution in [1.29, 1.82) is 0 Å². The van der Waals surface area contributed by atoms with E-state index in [-0.39, 0.29) is 0 Å². The van der Waals surface area contributed by atoms with E-state index >= 15 is 0 Å². The molecule has 1 unspecified atom stereocenters. The van der Waals surface area contributed by atoms with Gasteiger partial charge in [-0.2, -0.15) is 0 Å². The van der Waals surface area contributed by atoms with Crippen molar-refractivity contribution in [2.75, 3.05) is 0 Å². The van der Waals surface area contributed by atoms with Gasteiger partial charge in [0.2, 0.25) is 0 Å². The van der Waals surface area contributed by atoms with Crippen LogP contribution in [0.15, 0.2) is 12.2 Å². The summed E-state index contributed by atoms with van der Waals surface area (Å²) in [6, 6.07) is 0. The SMILES string of the molecule is C=C(C)C(C)CCC(C)=S. The van der Waals surface area contributed by atoms with E-state index in [1.807, 2.05) is 6.92 Å². The van der Waals surface area contributed by atoms with Gasteiger partial charge in [-0.3, -0.25) is 0 Å². The molecule has 0 spiro atoms. The van der Waals surface area contributed by atoms with Crippen LogP contribution in [0.5, 0.6) is 0 Å². The van der Waals surface area contributed by atoms with Gasteiger partial charge in [-0.15, -0.1) is 0 Å². The lowest BCUT2D eigenvalue weighted by molar-refractivity contribution is 0.635. The van der Waals surface area contributed by atoms with Crippen molar-refractivity contribution in [1.82, 2.24) is 0 Å². The Morgan fingerprint density at radius 1 is 1.50 bits per heavy atom. The lowest BCUT2D eigenvalue weighted by Gasteiger charge is -2.08. The summed E-state index contributed by atoms with van der Waals surface area (Å²) in [5.74, 6) is 0.623. The highest BCUT2D eigenvalue weighted by Gasteiger charge is 2.01. The summed E-state index contributed by atoms with van der Waals surface area (Å²) in [4.78, 5) is 1.10. The third-order valence-electron chi connectivity index (χ3n) is 1.77. The van der Waals surface area contributed by atoms with Gasteiger partial charge in [0.1, 0.15) is 0 Å². The molecular weight excluding hydrogens is 140 g/mol. The Kier molecular flexibility index (Phi) is 4.54. The maximum Gasteiger partial charge on any atom is -0.0102 e. The standard InChI is InChI=1S/C9H16S/c1-7(2)8(3)5-6-9(4)10/h8H,1,5-6H2,2-4H3. The zero-order valence-electron chi connectivity index (χ0n) is 7.11. The smallest absolute Gasteiger partial charge is 0.0102 e. The molecule has 1 heteroatoms. The summed E-state index contributed by atoms with van der Waals surface area (Å²) >= 11 is 4.97. The van der Waals surface area contributed by atoms with Crippen LogP contribution in [0.3, 0.4) is 0 Å². The van der Waals surface area contributed by atoms with Crippen molar-refractivity contribution in [3.63, 3.8) is 0 Å². The first-order valence-corrected chi connectivity index (χ1v) is 4.09. The van der Waals surface area contributed by atoms with Gasteiger partial charge in [-0.25, -0.2) is 0 Å². The van der Waals surface area contributed by atoms with E-state index in [4.69, 9.17) is 12.2 Å². The van der Waals surface area contributed by atoms with Crippen LogP contribution in [0.1, 0.15) is 33.6 Å². The molecule has 58 valence electrons. The fourth-order valence-electron chi connectivity index (χ4n) is 0.666. The summed E-state index contributed by atoms with van der Waals surface area (Å²) < 4.78 is 0. The van der Waals surface area contributed by atoms with E-state index in [1.165, 1.54) is 5.57 Å². The topological polar surface area (TPSA) is 0 Å². The Morgan fingerprint density at radius 2 is 2.00 bits per heavy atom. The normalized spacial score (nSPS) is 12.7. The minimum atomic E-state index is 0.623. The Hall–Kier alpha value is -0.170. The first-order valence-electron chi connectivity index (χ1n) is 3.69. The van der Waals surface area contributed by atoms with Crippen LogP contribution in [-0.2, 0) is 0 Å². The largest absolute Gasteiger partial charge is 0.0999 e. The molecule has 0 fully saturated rings. The summed E-state index contributed by atoms with van der Waals surface area (Å²) in [6.45, 7) is 10.2. The zero-order chi connectivity index (χ0) is 8.15. The third kappa shape index (κ3) is 4.68. The Labute approximate surface area is 69.3 Å². The minimum absolute atomic E-state index is 0.623. The Morgan fingerprint density at radius 3 is 2.30 bits per heavy atom. The van der Waals surface area contributed by atoms with E-state index in [0.717, 1.165) is 17.7 Å². The second-order valence-electron chi connectivity index (χ2n) is 2.99. The molecule has 0 nitrogen and oxygen atoms in total. The quantitative estimate of drug-likeness (QED) is 0.444. The number of rotatable bonds is 4. The average Bonchev–Trinajstić information content (AvgIpc) is 1.82. The molecule has 0 aliphatic heterocycles. The van der Waals surface area contributed by atoms with Gasteiger partial charge in [0.15, 0.2) is 0 Å². The van der Waals surface area contributed by atoms with Crippen LogP contribution in [0, 0.1) is 5.92 Å². The lowest BCUT2D eigenvalue weighted by atomic mass is 9.98. The summed E-state index contributed by atoms with van der Waals surface area (Å²) in [6.07, 6.45) is 2.22. The van der Waals surface area contributed by atoms with E-state index in [0.29, 0.717) is 5.92 Å². The predicted molar refractivity (Wildman–Crippen MR) is 51.5 cm³/mol. The van der Waals surface area contributed by atoms with Crippen LogP contribution in [0.25, 0.3) is 0 Å². The fraction of sp³-hybridized carbons (Fsp3) is 0.667. The lowest BCUT2D eigenvalue weighted by Crippen LogP contribution is -1.97. The molecule has 1 atom stereocenters. The fourth-order valence-corrected chi connectivity index (χ4v) is 0.784. The minimum Gasteiger partial charge on any atom is -0.0999 e. The summed E-state index contributed by atoms with van der Waals surface area (Å²) in [5.41, 5.74) is 1.26. The molecule has 0 rings (SSSR count). The van der Waals surface area contributed by atoms with Crippen LogP contribution in [0.2, 0.25) is 0 Å². The molecule has 10 heavy (non-hydrogen) atoms. The third-order valence-corrected chi connectivity index (χ3v) is 1.97. The van der Waals surface area contributed by atoms with Crippen molar-refractivity contribution in [2.24, 2.45) is 5.92 Å². The van der Waals surface area contributed by atoms with E-state index in [2.05, 4.69) is 20.4 Å². The molecule has 0 bridgehead atoms. The Balaban J connectivity index is 3.49. The van der Waals surface area contributed by atoms with Crippen LogP contribution < -0.4 is 0 Å². The zero-order valence-corrected chi connectivity index (χ0v) is 7.92. The maximum absolute atomic E-state index is 4.97. The molecule has 0 aromatic rings. The monoisotopic (exact) mass is 156 g/mol. The van der Waals surface area contributed by atoms with Gasteiger partial charge in [0.05, 0.1) is 0 Å². The number of allylic oxidation sites excluding steroid dienone is 1. The second-order valence-corrected chi connectivity index (χ2v) is 3.69. The number of hydrogen-bond donors (Lipinski definition) is 0. The summed E-state index contributed by atoms with van der Waals surface area (Å²) in [7, 11) is 0. The van der Waals surface area contributed by atoms with Crippen molar-refractivity contribution >= 4 is 17.1 Å². The van der Waals surface area contributed by atoms with Gasteiger partial charge in [-0.1, -0.05) is 31.3 Å². The Bertz CT molecular complexity index is 136. The van der Waals surface area contributed by atoms with Crippen LogP contribution in [-0.4, -0.2) is 4.86 Å². The molecule has 0 aromatic carbocycles. The molecule has 0 saturated heterocycles. The van der Waals surface area contributed by atoms with Crippen molar-refractivity contribution in [2.45, 2.75) is 33.6 Å². The van der Waals surface area contributed by atoms with E-state index in [1.54, 1.807) is 0 Å². The highest BCUT2D eigenvalue weighted by Crippen LogP contribution is 2.13. The molecule has 0 radical (unpaired) electrons. The van der Waals surface area contributed by atoms with Gasteiger partial charge >= 0.3 is 0 Å². The molecule has 0 N–H and O–H groups in total. The summed E-state index contributed by atoms with van der Waals surface area (Å²) in [5, 5.41) is 0. The van der Waals surface area contributed by atoms with Gasteiger partial charge < -0.3 is 0 Å². The molecule has 0 saturated carbocycles. The van der Waals surface area contributed by atoms with E-state index in [9.17, 15) is 0 Å². The van der Waals surface area contributed by atoms with Crippen LogP contribution >= 0.6 is 12.2 Å². The number of hydrogen-bond acceptors (Lipinski definition) is 1. The van der Waals surface area contributed by atoms with Crippen molar-refractivity contribution in [3.8, 4) is 0 Å². The molecule has 0 aliphatic rings. The van der Waals surface area contributed by atoms with Gasteiger partial charge in [0, 0.05) is 0 Å². The molecular formula is C9H16S. The molecule has 0 aliphatic carbocycles. The first-order chi connectivity index (χ1) is 4.54. The average molecular weight is 156 g/mol. The predicted octanol–water partition coefficient (Wildman–Crippen LogP) is 3.37. The number of thiocarbonyl (C=S) groups is 1. The van der Waals surface area contributed by atoms with Gasteiger partial charge in [0.25, 0.3) is 0 Å². The van der Waals surface area contributed by atoms with Crippen LogP contribution in [0.4, 0.5) is 0 Å². The highest BCUT2D eigenvalue weighted by atomic mass is 32.1. The highest BCUT2D eigenvalue weighted by molar-refractivity contribution is 7.80. The first kappa shape index (κ1) is 9.83. The molecule has 0 aromatic heterocycles. The molecule has 0 heterocycles. The van der Waals surface area contributed by atoms with E-state index < -0.39 is 0 Å². The van der Waals surface area contributed by atoms with Crippen molar-refractivity contribution < 1.29 is 0 Å². The molecule has 0 amide bonds. The second kappa shape index (κ2) is 4.62. The van der Waals surface area contributed by atoms with Crippen molar-refractivity contribution in [3.05, 3.63) is 12.2 Å². The maximum atomic E-state index is 4.97. The van der Waals surface area contributed by atoms with Gasteiger partial charge in [-0.05, 0) is 37.5 Å².